The Morgan fingerprint density at radius 2 is 1.33 bits per heavy atom. The smallest absolute Gasteiger partial charge is 0.0407 e. The third kappa shape index (κ3) is 2.26. The molecular weight excluding hydrogens is 140 g/mol. The van der Waals surface area contributed by atoms with Gasteiger partial charge in [0.1, 0.15) is 0 Å². The lowest BCUT2D eigenvalue weighted by Crippen LogP contribution is -2.37. The molecule has 2 radical (unpaired) electrons. The Labute approximate surface area is 62.7 Å². The molecule has 0 heterocycles. The van der Waals surface area contributed by atoms with E-state index < -0.39 is 7.59 Å². The van der Waals surface area contributed by atoms with E-state index in [2.05, 4.69) is 27.3 Å². The molecule has 0 nitrogen and oxygen atoms in total. The van der Waals surface area contributed by atoms with Gasteiger partial charge in [-0.1, -0.05) is 45.5 Å². The van der Waals surface area contributed by atoms with Crippen LogP contribution in [0, 0.1) is 0 Å². The first-order valence-corrected chi connectivity index (χ1v) is 9.05. The molecule has 0 aromatic heterocycles. The highest BCUT2D eigenvalue weighted by Crippen LogP contribution is 2.17. The van der Waals surface area contributed by atoms with Crippen molar-refractivity contribution in [1.82, 2.24) is 0 Å². The summed E-state index contributed by atoms with van der Waals surface area (Å²) in [6.45, 7) is 9.50. The summed E-state index contributed by atoms with van der Waals surface area (Å²) < 4.78 is 0. The Morgan fingerprint density at radius 1 is 1.00 bits per heavy atom. The van der Waals surface area contributed by atoms with Gasteiger partial charge in [0.05, 0.1) is 0 Å². The Morgan fingerprint density at radius 3 is 1.33 bits per heavy atom. The summed E-state index contributed by atoms with van der Waals surface area (Å²) in [6.07, 6.45) is 0. The van der Waals surface area contributed by atoms with Crippen molar-refractivity contribution in [3.8, 4) is 0 Å². The second-order valence-electron chi connectivity index (χ2n) is 2.59. The van der Waals surface area contributed by atoms with E-state index in [1.807, 2.05) is 0 Å². The van der Waals surface area contributed by atoms with Crippen LogP contribution in [0.15, 0.2) is 0 Å². The van der Waals surface area contributed by atoms with Crippen molar-refractivity contribution in [3.05, 3.63) is 0 Å². The number of hydrogen-bond donors (Lipinski definition) is 0. The molecule has 0 amide bonds. The summed E-state index contributed by atoms with van der Waals surface area (Å²) in [4.78, 5) is 0. The molecule has 0 fully saturated rings. The fourth-order valence-electron chi connectivity index (χ4n) is 1.28. The Balaban J connectivity index is 3.82. The van der Waals surface area contributed by atoms with E-state index in [9.17, 15) is 0 Å². The predicted molar refractivity (Wildman–Crippen MR) is 48.8 cm³/mol. The van der Waals surface area contributed by atoms with Crippen LogP contribution in [-0.4, -0.2) is 16.6 Å². The quantitative estimate of drug-likeness (QED) is 0.552. The summed E-state index contributed by atoms with van der Waals surface area (Å²) in [7, 11) is 0.595. The van der Waals surface area contributed by atoms with Crippen LogP contribution in [0.4, 0.5) is 0 Å². The van der Waals surface area contributed by atoms with Crippen LogP contribution in [0.5, 0.6) is 0 Å². The van der Waals surface area contributed by atoms with Crippen molar-refractivity contribution in [2.24, 2.45) is 0 Å². The maximum atomic E-state index is 2.39. The molecule has 0 unspecified atom stereocenters. The maximum absolute atomic E-state index is 2.39. The van der Waals surface area contributed by atoms with Gasteiger partial charge in [0.25, 0.3) is 0 Å². The van der Waals surface area contributed by atoms with Gasteiger partial charge in [0, 0.05) is 16.6 Å². The van der Waals surface area contributed by atoms with Gasteiger partial charge >= 0.3 is 0 Å². The molecule has 0 spiro atoms. The summed E-state index contributed by atoms with van der Waals surface area (Å²) in [5.74, 6) is 0. The summed E-state index contributed by atoms with van der Waals surface area (Å²) in [5.41, 5.74) is 0. The highest BCUT2D eigenvalue weighted by atomic mass is 29.2. The van der Waals surface area contributed by atoms with E-state index in [0.29, 0.717) is 0 Å². The van der Waals surface area contributed by atoms with Crippen molar-refractivity contribution in [3.63, 3.8) is 0 Å². The normalized spacial score (nSPS) is 12.0. The predicted octanol–water partition coefficient (Wildman–Crippen LogP) is 2.74. The highest BCUT2D eigenvalue weighted by molar-refractivity contribution is 7.24. The molecule has 0 N–H and O–H groups in total. The van der Waals surface area contributed by atoms with Crippen molar-refractivity contribution in [1.29, 1.82) is 0 Å². The van der Waals surface area contributed by atoms with Crippen LogP contribution < -0.4 is 0 Å². The van der Waals surface area contributed by atoms with Crippen LogP contribution in [0.3, 0.4) is 0 Å². The molecule has 0 aliphatic rings. The van der Waals surface area contributed by atoms with E-state index in [1.54, 1.807) is 0 Å². The zero-order valence-electron chi connectivity index (χ0n) is 7.12. The van der Waals surface area contributed by atoms with E-state index in [0.717, 1.165) is 0 Å². The molecule has 0 aliphatic carbocycles. The van der Waals surface area contributed by atoms with Gasteiger partial charge in [0.15, 0.2) is 0 Å². The fourth-order valence-corrected chi connectivity index (χ4v) is 7.02. The lowest BCUT2D eigenvalue weighted by molar-refractivity contribution is 1.22. The van der Waals surface area contributed by atoms with E-state index >= 15 is 0 Å². The molecule has 0 aromatic rings. The lowest BCUT2D eigenvalue weighted by atomic mass is 10.9. The molecule has 9 heavy (non-hydrogen) atoms. The molecule has 0 atom stereocenters. The monoisotopic (exact) mass is 158 g/mol. The molecule has 54 valence electrons. The largest absolute Gasteiger partial charge is 0.0754 e. The van der Waals surface area contributed by atoms with Gasteiger partial charge in [0.2, 0.25) is 0 Å². The highest BCUT2D eigenvalue weighted by Gasteiger charge is 2.23. The van der Waals surface area contributed by atoms with Gasteiger partial charge in [-0.05, 0) is 0 Å². The van der Waals surface area contributed by atoms with Gasteiger partial charge in [-0.3, -0.25) is 0 Å². The number of rotatable bonds is 4. The zero-order chi connectivity index (χ0) is 7.33. The van der Waals surface area contributed by atoms with Crippen molar-refractivity contribution in [2.45, 2.75) is 45.5 Å². The van der Waals surface area contributed by atoms with Crippen LogP contribution in [0.2, 0.25) is 24.7 Å². The van der Waals surface area contributed by atoms with Gasteiger partial charge in [-0.25, -0.2) is 0 Å². The first-order valence-electron chi connectivity index (χ1n) is 3.93. The van der Waals surface area contributed by atoms with E-state index in [1.165, 1.54) is 27.2 Å². The number of hydrogen-bond acceptors (Lipinski definition) is 0. The average Bonchev–Trinajstić information content (AvgIpc) is 1.95. The molecule has 0 aromatic carbocycles. The summed E-state index contributed by atoms with van der Waals surface area (Å²) >= 11 is 0. The van der Waals surface area contributed by atoms with Crippen LogP contribution in [0.25, 0.3) is 0 Å². The van der Waals surface area contributed by atoms with E-state index in [-0.39, 0.29) is 0 Å². The topological polar surface area (TPSA) is 0 Å². The Hall–Kier alpha value is 0.434. The van der Waals surface area contributed by atoms with Crippen LogP contribution in [-0.2, 0) is 0 Å². The second-order valence-corrected chi connectivity index (χ2v) is 12.5. The minimum Gasteiger partial charge on any atom is -0.0754 e. The molecule has 2 heteroatoms. The Kier molecular flexibility index (Phi) is 4.49. The molecular formula is C7H18Si2. The molecule has 0 bridgehead atoms. The third-order valence-electron chi connectivity index (χ3n) is 2.56. The molecule has 0 saturated heterocycles. The minimum atomic E-state index is -0.664. The first-order chi connectivity index (χ1) is 4.24. The van der Waals surface area contributed by atoms with Gasteiger partial charge in [-0.2, -0.15) is 0 Å². The minimum absolute atomic E-state index is 0.664. The summed E-state index contributed by atoms with van der Waals surface area (Å²) in [6, 6.07) is 4.48. The first kappa shape index (κ1) is 9.43. The Bertz CT molecular complexity index is 49.8. The van der Waals surface area contributed by atoms with E-state index in [4.69, 9.17) is 0 Å². The zero-order valence-corrected chi connectivity index (χ0v) is 9.12. The third-order valence-corrected chi connectivity index (χ3v) is 14.0. The molecule has 0 rings (SSSR count). The van der Waals surface area contributed by atoms with Gasteiger partial charge < -0.3 is 0 Å². The SMILES string of the molecule is CC[Si](CC)(CC)[Si]C. The maximum Gasteiger partial charge on any atom is 0.0407 e. The standard InChI is InChI=1S/C7H18Si2/c1-5-9(6-2,7-3)8-4/h5-7H2,1-4H3. The lowest BCUT2D eigenvalue weighted by Gasteiger charge is -2.25. The average molecular weight is 158 g/mol. The van der Waals surface area contributed by atoms with Crippen molar-refractivity contribution < 1.29 is 0 Å². The molecule has 0 saturated carbocycles. The van der Waals surface area contributed by atoms with Gasteiger partial charge in [-0.15, -0.1) is 0 Å². The second kappa shape index (κ2) is 4.28. The molecule has 0 aliphatic heterocycles. The van der Waals surface area contributed by atoms with Crippen LogP contribution in [0.1, 0.15) is 20.8 Å². The summed E-state index contributed by atoms with van der Waals surface area (Å²) in [5, 5.41) is 0. The van der Waals surface area contributed by atoms with Crippen molar-refractivity contribution in [2.75, 3.05) is 0 Å². The fraction of sp³-hybridized carbons (Fsp3) is 1.00. The van der Waals surface area contributed by atoms with Crippen molar-refractivity contribution >= 4 is 16.6 Å². The van der Waals surface area contributed by atoms with Crippen LogP contribution >= 0.6 is 0 Å².